The molecule has 0 aliphatic heterocycles. The van der Waals surface area contributed by atoms with Crippen molar-refractivity contribution in [3.8, 4) is 11.5 Å². The maximum atomic E-state index is 12.0. The Labute approximate surface area is 130 Å². The molecule has 0 aliphatic rings. The van der Waals surface area contributed by atoms with Gasteiger partial charge in [0.15, 0.2) is 0 Å². The number of hydrogen-bond acceptors (Lipinski definition) is 3. The molecular weight excluding hydrogens is 278 g/mol. The Kier molecular flexibility index (Phi) is 5.20. The molecule has 0 radical (unpaired) electrons. The van der Waals surface area contributed by atoms with Crippen LogP contribution >= 0.6 is 0 Å². The van der Waals surface area contributed by atoms with Gasteiger partial charge < -0.3 is 14.8 Å². The Morgan fingerprint density at radius 2 is 1.91 bits per heavy atom. The minimum absolute atomic E-state index is 0.216. The van der Waals surface area contributed by atoms with Gasteiger partial charge in [-0.25, -0.2) is 0 Å². The van der Waals surface area contributed by atoms with Gasteiger partial charge in [-0.05, 0) is 48.4 Å². The van der Waals surface area contributed by atoms with Crippen molar-refractivity contribution in [3.05, 3.63) is 59.7 Å². The predicted octanol–water partition coefficient (Wildman–Crippen LogP) is 3.66. The third kappa shape index (κ3) is 4.12. The molecule has 4 nitrogen and oxygen atoms in total. The Hall–Kier alpha value is -2.75. The number of amides is 1. The van der Waals surface area contributed by atoms with Crippen molar-refractivity contribution in [2.24, 2.45) is 0 Å². The van der Waals surface area contributed by atoms with Crippen LogP contribution in [0.15, 0.2) is 48.5 Å². The highest BCUT2D eigenvalue weighted by Gasteiger charge is 2.05. The average molecular weight is 297 g/mol. The van der Waals surface area contributed by atoms with Crippen LogP contribution in [0.25, 0.3) is 6.08 Å². The van der Waals surface area contributed by atoms with Gasteiger partial charge in [-0.3, -0.25) is 4.79 Å². The van der Waals surface area contributed by atoms with Crippen molar-refractivity contribution in [3.63, 3.8) is 0 Å². The molecule has 2 aromatic rings. The fourth-order valence-corrected chi connectivity index (χ4v) is 2.01. The minimum Gasteiger partial charge on any atom is -0.497 e. The van der Waals surface area contributed by atoms with Gasteiger partial charge in [-0.1, -0.05) is 18.2 Å². The summed E-state index contributed by atoms with van der Waals surface area (Å²) < 4.78 is 10.4. The predicted molar refractivity (Wildman–Crippen MR) is 88.4 cm³/mol. The lowest BCUT2D eigenvalue weighted by atomic mass is 10.2. The van der Waals surface area contributed by atoms with E-state index in [0.29, 0.717) is 11.4 Å². The summed E-state index contributed by atoms with van der Waals surface area (Å²) in [7, 11) is 3.19. The molecule has 1 N–H and O–H groups in total. The zero-order chi connectivity index (χ0) is 15.9. The first-order valence-electron chi connectivity index (χ1n) is 6.90. The third-order valence-electron chi connectivity index (χ3n) is 3.13. The highest BCUT2D eigenvalue weighted by molar-refractivity contribution is 6.02. The van der Waals surface area contributed by atoms with Gasteiger partial charge in [0.1, 0.15) is 11.5 Å². The summed E-state index contributed by atoms with van der Waals surface area (Å²) in [6.07, 6.45) is 3.22. The highest BCUT2D eigenvalue weighted by atomic mass is 16.5. The molecular formula is C18H19NO3. The molecule has 4 heteroatoms. The first kappa shape index (κ1) is 15.6. The number of carbonyl (C=O) groups excluding carboxylic acids is 1. The second kappa shape index (κ2) is 7.31. The number of anilines is 1. The van der Waals surface area contributed by atoms with Crippen LogP contribution < -0.4 is 14.8 Å². The molecule has 0 aliphatic carbocycles. The number of benzene rings is 2. The summed E-state index contributed by atoms with van der Waals surface area (Å²) in [6.45, 7) is 1.96. The van der Waals surface area contributed by atoms with Gasteiger partial charge in [-0.2, -0.15) is 0 Å². The number of ether oxygens (including phenoxy) is 2. The summed E-state index contributed by atoms with van der Waals surface area (Å²) in [5.41, 5.74) is 2.60. The summed E-state index contributed by atoms with van der Waals surface area (Å²) in [5, 5.41) is 2.82. The number of nitrogens with one attached hydrogen (secondary N) is 1. The number of rotatable bonds is 5. The normalized spacial score (nSPS) is 10.5. The molecule has 0 saturated heterocycles. The van der Waals surface area contributed by atoms with Crippen molar-refractivity contribution in [2.45, 2.75) is 6.92 Å². The van der Waals surface area contributed by atoms with E-state index in [1.54, 1.807) is 20.3 Å². The Morgan fingerprint density at radius 1 is 1.09 bits per heavy atom. The standard InChI is InChI=1S/C18H19NO3/c1-13-7-9-17(22-3)16(11-13)19-18(20)10-8-14-5-4-6-15(12-14)21-2/h4-12H,1-3H3,(H,19,20). The molecule has 0 atom stereocenters. The molecule has 22 heavy (non-hydrogen) atoms. The lowest BCUT2D eigenvalue weighted by molar-refractivity contribution is -0.111. The maximum absolute atomic E-state index is 12.0. The van der Waals surface area contributed by atoms with Crippen LogP contribution in [0.3, 0.4) is 0 Å². The van der Waals surface area contributed by atoms with E-state index in [9.17, 15) is 4.79 Å². The number of carbonyl (C=O) groups is 1. The molecule has 2 rings (SSSR count). The zero-order valence-electron chi connectivity index (χ0n) is 12.9. The molecule has 0 unspecified atom stereocenters. The zero-order valence-corrected chi connectivity index (χ0v) is 12.9. The van der Waals surface area contributed by atoms with E-state index in [2.05, 4.69) is 5.32 Å². The second-order valence-electron chi connectivity index (χ2n) is 4.80. The highest BCUT2D eigenvalue weighted by Crippen LogP contribution is 2.25. The molecule has 114 valence electrons. The van der Waals surface area contributed by atoms with Crippen LogP contribution in [0, 0.1) is 6.92 Å². The van der Waals surface area contributed by atoms with Crippen molar-refractivity contribution in [1.29, 1.82) is 0 Å². The van der Waals surface area contributed by atoms with Crippen molar-refractivity contribution >= 4 is 17.7 Å². The monoisotopic (exact) mass is 297 g/mol. The summed E-state index contributed by atoms with van der Waals surface area (Å²) in [6, 6.07) is 13.1. The molecule has 1 amide bonds. The van der Waals surface area contributed by atoms with Crippen LogP contribution in [0.2, 0.25) is 0 Å². The van der Waals surface area contributed by atoms with Crippen molar-refractivity contribution in [2.75, 3.05) is 19.5 Å². The summed E-state index contributed by atoms with van der Waals surface area (Å²) >= 11 is 0. The van der Waals surface area contributed by atoms with E-state index in [1.807, 2.05) is 49.4 Å². The van der Waals surface area contributed by atoms with Crippen molar-refractivity contribution in [1.82, 2.24) is 0 Å². The van der Waals surface area contributed by atoms with Crippen LogP contribution in [0.1, 0.15) is 11.1 Å². The first-order chi connectivity index (χ1) is 10.6. The summed E-state index contributed by atoms with van der Waals surface area (Å²) in [5.74, 6) is 1.17. The maximum Gasteiger partial charge on any atom is 0.248 e. The molecule has 0 fully saturated rings. The molecule has 0 heterocycles. The van der Waals surface area contributed by atoms with E-state index >= 15 is 0 Å². The van der Waals surface area contributed by atoms with Crippen LogP contribution in [0.4, 0.5) is 5.69 Å². The fourth-order valence-electron chi connectivity index (χ4n) is 2.01. The second-order valence-corrected chi connectivity index (χ2v) is 4.80. The Balaban J connectivity index is 2.09. The van der Waals surface area contributed by atoms with Crippen molar-refractivity contribution < 1.29 is 14.3 Å². The lowest BCUT2D eigenvalue weighted by Gasteiger charge is -2.09. The minimum atomic E-state index is -0.216. The average Bonchev–Trinajstić information content (AvgIpc) is 2.53. The Morgan fingerprint density at radius 3 is 2.64 bits per heavy atom. The molecule has 0 spiro atoms. The quantitative estimate of drug-likeness (QED) is 0.857. The van der Waals surface area contributed by atoms with E-state index in [4.69, 9.17) is 9.47 Å². The van der Waals surface area contributed by atoms with Gasteiger partial charge in [0.05, 0.1) is 19.9 Å². The Bertz CT molecular complexity index is 692. The van der Waals surface area contributed by atoms with E-state index in [1.165, 1.54) is 6.08 Å². The van der Waals surface area contributed by atoms with Gasteiger partial charge in [-0.15, -0.1) is 0 Å². The molecule has 2 aromatic carbocycles. The lowest BCUT2D eigenvalue weighted by Crippen LogP contribution is -2.09. The van der Waals surface area contributed by atoms with Crippen LogP contribution in [0.5, 0.6) is 11.5 Å². The summed E-state index contributed by atoms with van der Waals surface area (Å²) in [4.78, 5) is 12.0. The molecule has 0 aromatic heterocycles. The molecule has 0 bridgehead atoms. The van der Waals surface area contributed by atoms with E-state index in [0.717, 1.165) is 16.9 Å². The number of methoxy groups -OCH3 is 2. The topological polar surface area (TPSA) is 47.6 Å². The SMILES string of the molecule is COc1cccc(C=CC(=O)Nc2cc(C)ccc2OC)c1. The first-order valence-corrected chi connectivity index (χ1v) is 6.90. The van der Waals surface area contributed by atoms with E-state index in [-0.39, 0.29) is 5.91 Å². The van der Waals surface area contributed by atoms with E-state index < -0.39 is 0 Å². The third-order valence-corrected chi connectivity index (χ3v) is 3.13. The fraction of sp³-hybridized carbons (Fsp3) is 0.167. The van der Waals surface area contributed by atoms with Gasteiger partial charge >= 0.3 is 0 Å². The van der Waals surface area contributed by atoms with Gasteiger partial charge in [0.2, 0.25) is 5.91 Å². The van der Waals surface area contributed by atoms with Crippen LogP contribution in [-0.2, 0) is 4.79 Å². The van der Waals surface area contributed by atoms with Gasteiger partial charge in [0, 0.05) is 6.08 Å². The number of aryl methyl sites for hydroxylation is 1. The largest absolute Gasteiger partial charge is 0.497 e. The van der Waals surface area contributed by atoms with Crippen LogP contribution in [-0.4, -0.2) is 20.1 Å². The smallest absolute Gasteiger partial charge is 0.248 e. The number of hydrogen-bond donors (Lipinski definition) is 1. The van der Waals surface area contributed by atoms with Gasteiger partial charge in [0.25, 0.3) is 0 Å². The molecule has 0 saturated carbocycles.